The monoisotopic (exact) mass is 327 g/mol. The van der Waals surface area contributed by atoms with Crippen LogP contribution in [0, 0.1) is 5.92 Å². The van der Waals surface area contributed by atoms with Crippen molar-refractivity contribution in [1.29, 1.82) is 0 Å². The molecule has 5 heteroatoms. The van der Waals surface area contributed by atoms with Crippen molar-refractivity contribution >= 4 is 33.3 Å². The minimum absolute atomic E-state index is 0.790. The number of aromatic nitrogens is 3. The highest BCUT2D eigenvalue weighted by molar-refractivity contribution is 7.98. The van der Waals surface area contributed by atoms with Crippen molar-refractivity contribution in [3.8, 4) is 0 Å². The van der Waals surface area contributed by atoms with E-state index in [-0.39, 0.29) is 0 Å². The molecule has 4 rings (SSSR count). The second kappa shape index (κ2) is 5.97. The first kappa shape index (κ1) is 14.2. The van der Waals surface area contributed by atoms with Crippen LogP contribution in [0.3, 0.4) is 0 Å². The van der Waals surface area contributed by atoms with Crippen LogP contribution in [0.25, 0.3) is 10.2 Å². The summed E-state index contributed by atoms with van der Waals surface area (Å²) in [6.07, 6.45) is 7.19. The zero-order valence-corrected chi connectivity index (χ0v) is 14.1. The molecule has 3 nitrogen and oxygen atoms in total. The summed E-state index contributed by atoms with van der Waals surface area (Å²) in [6.45, 7) is 2.34. The number of hydrogen-bond acceptors (Lipinski definition) is 5. The summed E-state index contributed by atoms with van der Waals surface area (Å²) in [5.41, 5.74) is 2.60. The van der Waals surface area contributed by atoms with Gasteiger partial charge in [0.05, 0.1) is 5.69 Å². The van der Waals surface area contributed by atoms with Crippen LogP contribution in [0.15, 0.2) is 35.7 Å². The van der Waals surface area contributed by atoms with Gasteiger partial charge in [0, 0.05) is 22.2 Å². The number of fused-ring (bicyclic) bond motifs is 3. The fourth-order valence-electron chi connectivity index (χ4n) is 2.98. The van der Waals surface area contributed by atoms with Gasteiger partial charge in [-0.15, -0.1) is 11.3 Å². The van der Waals surface area contributed by atoms with Crippen molar-refractivity contribution in [3.63, 3.8) is 0 Å². The van der Waals surface area contributed by atoms with Gasteiger partial charge < -0.3 is 0 Å². The molecule has 0 N–H and O–H groups in total. The minimum Gasteiger partial charge on any atom is -0.260 e. The molecule has 0 saturated carbocycles. The molecule has 3 aromatic heterocycles. The average molecular weight is 327 g/mol. The lowest BCUT2D eigenvalue weighted by molar-refractivity contribution is 0.509. The van der Waals surface area contributed by atoms with Crippen LogP contribution in [0.2, 0.25) is 0 Å². The van der Waals surface area contributed by atoms with Crippen LogP contribution < -0.4 is 0 Å². The molecule has 0 aromatic carbocycles. The van der Waals surface area contributed by atoms with Gasteiger partial charge in [-0.2, -0.15) is 0 Å². The predicted octanol–water partition coefficient (Wildman–Crippen LogP) is 4.50. The standard InChI is InChI=1S/C17H17N3S2/c1-11-5-6-13-14(8-11)22-17-15(13)16(19-10-20-17)21-9-12-4-2-3-7-18-12/h2-4,7,10-11H,5-6,8-9H2,1H3. The van der Waals surface area contributed by atoms with E-state index >= 15 is 0 Å². The Morgan fingerprint density at radius 3 is 3.09 bits per heavy atom. The second-order valence-corrected chi connectivity index (χ2v) is 7.87. The van der Waals surface area contributed by atoms with Gasteiger partial charge in [0.2, 0.25) is 0 Å². The highest BCUT2D eigenvalue weighted by Crippen LogP contribution is 2.40. The van der Waals surface area contributed by atoms with E-state index in [4.69, 9.17) is 0 Å². The molecule has 0 aliphatic heterocycles. The van der Waals surface area contributed by atoms with E-state index in [2.05, 4.69) is 27.9 Å². The number of thiophene rings is 1. The van der Waals surface area contributed by atoms with Crippen LogP contribution in [-0.4, -0.2) is 15.0 Å². The Morgan fingerprint density at radius 2 is 2.23 bits per heavy atom. The topological polar surface area (TPSA) is 38.7 Å². The molecule has 1 unspecified atom stereocenters. The Morgan fingerprint density at radius 1 is 1.27 bits per heavy atom. The van der Waals surface area contributed by atoms with E-state index in [1.807, 2.05) is 29.7 Å². The lowest BCUT2D eigenvalue weighted by Gasteiger charge is -2.18. The van der Waals surface area contributed by atoms with Crippen LogP contribution in [-0.2, 0) is 18.6 Å². The maximum absolute atomic E-state index is 4.55. The molecule has 0 radical (unpaired) electrons. The van der Waals surface area contributed by atoms with Gasteiger partial charge >= 0.3 is 0 Å². The number of aryl methyl sites for hydroxylation is 1. The third-order valence-electron chi connectivity index (χ3n) is 4.14. The summed E-state index contributed by atoms with van der Waals surface area (Å²) in [6, 6.07) is 6.05. The van der Waals surface area contributed by atoms with Crippen molar-refractivity contribution in [2.24, 2.45) is 5.92 Å². The summed E-state index contributed by atoms with van der Waals surface area (Å²) in [5.74, 6) is 1.65. The second-order valence-electron chi connectivity index (χ2n) is 5.82. The molecular formula is C17H17N3S2. The number of hydrogen-bond donors (Lipinski definition) is 0. The summed E-state index contributed by atoms with van der Waals surface area (Å²) < 4.78 is 0. The van der Waals surface area contributed by atoms with Crippen molar-refractivity contribution in [1.82, 2.24) is 15.0 Å². The third kappa shape index (κ3) is 2.63. The van der Waals surface area contributed by atoms with E-state index in [1.54, 1.807) is 18.1 Å². The third-order valence-corrected chi connectivity index (χ3v) is 6.33. The van der Waals surface area contributed by atoms with Crippen LogP contribution in [0.1, 0.15) is 29.5 Å². The van der Waals surface area contributed by atoms with Gasteiger partial charge in [0.25, 0.3) is 0 Å². The van der Waals surface area contributed by atoms with Crippen molar-refractivity contribution in [3.05, 3.63) is 46.9 Å². The molecule has 3 heterocycles. The quantitative estimate of drug-likeness (QED) is 0.524. The van der Waals surface area contributed by atoms with Crippen molar-refractivity contribution < 1.29 is 0 Å². The lowest BCUT2D eigenvalue weighted by atomic mass is 9.89. The van der Waals surface area contributed by atoms with Crippen LogP contribution >= 0.6 is 23.1 Å². The first-order valence-corrected chi connectivity index (χ1v) is 9.39. The van der Waals surface area contributed by atoms with Crippen molar-refractivity contribution in [2.75, 3.05) is 0 Å². The van der Waals surface area contributed by atoms with Crippen LogP contribution in [0.5, 0.6) is 0 Å². The van der Waals surface area contributed by atoms with Gasteiger partial charge in [-0.3, -0.25) is 4.98 Å². The fraction of sp³-hybridized carbons (Fsp3) is 0.353. The Balaban J connectivity index is 1.69. The Kier molecular flexibility index (Phi) is 3.84. The van der Waals surface area contributed by atoms with Gasteiger partial charge in [-0.25, -0.2) is 9.97 Å². The number of pyridine rings is 1. The Hall–Kier alpha value is -1.46. The zero-order valence-electron chi connectivity index (χ0n) is 12.5. The molecular weight excluding hydrogens is 310 g/mol. The SMILES string of the molecule is CC1CCc2c(sc3ncnc(SCc4ccccn4)c23)C1. The van der Waals surface area contributed by atoms with E-state index in [1.165, 1.54) is 35.1 Å². The minimum atomic E-state index is 0.790. The smallest absolute Gasteiger partial charge is 0.128 e. The number of thioether (sulfide) groups is 1. The van der Waals surface area contributed by atoms with E-state index in [0.717, 1.165) is 27.2 Å². The zero-order chi connectivity index (χ0) is 14.9. The normalized spacial score (nSPS) is 17.6. The Labute approximate surface area is 138 Å². The molecule has 1 aliphatic rings. The molecule has 0 spiro atoms. The van der Waals surface area contributed by atoms with Gasteiger partial charge in [0.1, 0.15) is 16.2 Å². The molecule has 1 aliphatic carbocycles. The largest absolute Gasteiger partial charge is 0.260 e. The number of rotatable bonds is 3. The summed E-state index contributed by atoms with van der Waals surface area (Å²) in [4.78, 5) is 16.1. The summed E-state index contributed by atoms with van der Waals surface area (Å²) >= 11 is 3.63. The molecule has 0 saturated heterocycles. The van der Waals surface area contributed by atoms with Crippen LogP contribution in [0.4, 0.5) is 0 Å². The molecule has 22 heavy (non-hydrogen) atoms. The Bertz CT molecular complexity index is 798. The van der Waals surface area contributed by atoms with E-state index < -0.39 is 0 Å². The van der Waals surface area contributed by atoms with E-state index in [9.17, 15) is 0 Å². The first-order valence-electron chi connectivity index (χ1n) is 7.59. The average Bonchev–Trinajstić information content (AvgIpc) is 2.91. The van der Waals surface area contributed by atoms with Gasteiger partial charge in [-0.1, -0.05) is 24.8 Å². The fourth-order valence-corrected chi connectivity index (χ4v) is 5.34. The lowest BCUT2D eigenvalue weighted by Crippen LogP contribution is -2.08. The molecule has 3 aromatic rings. The predicted molar refractivity (Wildman–Crippen MR) is 92.4 cm³/mol. The molecule has 0 bridgehead atoms. The van der Waals surface area contributed by atoms with Crippen molar-refractivity contribution in [2.45, 2.75) is 37.0 Å². The summed E-state index contributed by atoms with van der Waals surface area (Å²) in [5, 5.41) is 2.41. The molecule has 1 atom stereocenters. The van der Waals surface area contributed by atoms with Gasteiger partial charge in [0.15, 0.2) is 0 Å². The molecule has 0 fully saturated rings. The first-order chi connectivity index (χ1) is 10.8. The highest BCUT2D eigenvalue weighted by atomic mass is 32.2. The number of nitrogens with zero attached hydrogens (tertiary/aromatic N) is 3. The maximum Gasteiger partial charge on any atom is 0.128 e. The summed E-state index contributed by atoms with van der Waals surface area (Å²) in [7, 11) is 0. The highest BCUT2D eigenvalue weighted by Gasteiger charge is 2.23. The maximum atomic E-state index is 4.55. The van der Waals surface area contributed by atoms with Gasteiger partial charge in [-0.05, 0) is 42.9 Å². The van der Waals surface area contributed by atoms with E-state index in [0.29, 0.717) is 0 Å². The molecule has 0 amide bonds. The molecule has 112 valence electrons.